The number of guanidine groups is 1. The molecular weight excluding hydrogens is 232 g/mol. The minimum atomic E-state index is 0.0327. The normalized spacial score (nSPS) is 11.1. The molecule has 7 heteroatoms. The van der Waals surface area contributed by atoms with E-state index in [1.54, 1.807) is 12.1 Å². The van der Waals surface area contributed by atoms with Crippen LogP contribution >= 0.6 is 11.6 Å². The fourth-order valence-corrected chi connectivity index (χ4v) is 1.33. The smallest absolute Gasteiger partial charge is 0.208 e. The Hall–Kier alpha value is -1.66. The van der Waals surface area contributed by atoms with Crippen molar-refractivity contribution in [3.8, 4) is 11.5 Å². The van der Waals surface area contributed by atoms with Crippen LogP contribution in [0.25, 0.3) is 0 Å². The second-order valence-electron chi connectivity index (χ2n) is 2.80. The van der Waals surface area contributed by atoms with Gasteiger partial charge in [0.25, 0.3) is 0 Å². The SMILES string of the molecule is COc1cc(Cl)c(N=C(N)NN)c(OC)c1. The molecule has 6 nitrogen and oxygen atoms in total. The van der Waals surface area contributed by atoms with Crippen molar-refractivity contribution in [3.05, 3.63) is 17.2 Å². The highest BCUT2D eigenvalue weighted by molar-refractivity contribution is 6.33. The summed E-state index contributed by atoms with van der Waals surface area (Å²) in [6.07, 6.45) is 0. The lowest BCUT2D eigenvalue weighted by Crippen LogP contribution is -2.36. The highest BCUT2D eigenvalue weighted by atomic mass is 35.5. The molecule has 1 rings (SSSR count). The molecule has 0 aromatic heterocycles. The summed E-state index contributed by atoms with van der Waals surface area (Å²) in [4.78, 5) is 3.97. The predicted octanol–water partition coefficient (Wildman–Crippen LogP) is 0.767. The van der Waals surface area contributed by atoms with Crippen molar-refractivity contribution in [2.45, 2.75) is 0 Å². The van der Waals surface area contributed by atoms with Gasteiger partial charge in [-0.1, -0.05) is 11.6 Å². The van der Waals surface area contributed by atoms with Crippen molar-refractivity contribution in [3.63, 3.8) is 0 Å². The Morgan fingerprint density at radius 2 is 2.06 bits per heavy atom. The first-order valence-electron chi connectivity index (χ1n) is 4.34. The number of rotatable bonds is 3. The van der Waals surface area contributed by atoms with Gasteiger partial charge in [-0.25, -0.2) is 10.8 Å². The summed E-state index contributed by atoms with van der Waals surface area (Å²) in [6, 6.07) is 3.25. The summed E-state index contributed by atoms with van der Waals surface area (Å²) in [5, 5.41) is 0.356. The predicted molar refractivity (Wildman–Crippen MR) is 63.2 cm³/mol. The molecule has 0 unspecified atom stereocenters. The Kier molecular flexibility index (Phi) is 4.21. The highest BCUT2D eigenvalue weighted by Crippen LogP contribution is 2.38. The van der Waals surface area contributed by atoms with Gasteiger partial charge in [0.1, 0.15) is 17.2 Å². The van der Waals surface area contributed by atoms with Crippen LogP contribution in [0.2, 0.25) is 5.02 Å². The number of nitrogens with two attached hydrogens (primary N) is 2. The van der Waals surface area contributed by atoms with Crippen molar-refractivity contribution in [2.75, 3.05) is 14.2 Å². The number of hydrazine groups is 1. The number of benzene rings is 1. The molecule has 16 heavy (non-hydrogen) atoms. The largest absolute Gasteiger partial charge is 0.497 e. The molecule has 5 N–H and O–H groups in total. The van der Waals surface area contributed by atoms with Gasteiger partial charge in [-0.05, 0) is 0 Å². The maximum Gasteiger partial charge on any atom is 0.208 e. The van der Waals surface area contributed by atoms with Gasteiger partial charge >= 0.3 is 0 Å². The third kappa shape index (κ3) is 2.68. The number of methoxy groups -OCH3 is 2. The van der Waals surface area contributed by atoms with Crippen LogP contribution in [-0.2, 0) is 0 Å². The number of halogens is 1. The second kappa shape index (κ2) is 5.43. The first kappa shape index (κ1) is 12.4. The summed E-state index contributed by atoms with van der Waals surface area (Å²) in [7, 11) is 3.03. The molecule has 0 radical (unpaired) electrons. The summed E-state index contributed by atoms with van der Waals surface area (Å²) in [5.41, 5.74) is 8.03. The number of aliphatic imine (C=N–C) groups is 1. The molecule has 0 heterocycles. The van der Waals surface area contributed by atoms with Crippen LogP contribution in [0.3, 0.4) is 0 Å². The number of ether oxygens (including phenoxy) is 2. The van der Waals surface area contributed by atoms with E-state index in [1.165, 1.54) is 14.2 Å². The van der Waals surface area contributed by atoms with Gasteiger partial charge in [-0.3, -0.25) is 5.43 Å². The lowest BCUT2D eigenvalue weighted by Gasteiger charge is -2.09. The third-order valence-corrected chi connectivity index (χ3v) is 2.13. The Morgan fingerprint density at radius 3 is 2.56 bits per heavy atom. The zero-order valence-corrected chi connectivity index (χ0v) is 9.71. The quantitative estimate of drug-likeness (QED) is 0.316. The summed E-state index contributed by atoms with van der Waals surface area (Å²) in [6.45, 7) is 0. The van der Waals surface area contributed by atoms with Crippen molar-refractivity contribution >= 4 is 23.2 Å². The number of nitrogens with zero attached hydrogens (tertiary/aromatic N) is 1. The minimum absolute atomic E-state index is 0.0327. The molecule has 0 spiro atoms. The van der Waals surface area contributed by atoms with Gasteiger partial charge in [-0.2, -0.15) is 0 Å². The van der Waals surface area contributed by atoms with Crippen molar-refractivity contribution in [1.82, 2.24) is 5.43 Å². The molecule has 0 fully saturated rings. The van der Waals surface area contributed by atoms with E-state index in [0.717, 1.165) is 0 Å². The first-order chi connectivity index (χ1) is 7.62. The summed E-state index contributed by atoms with van der Waals surface area (Å²) in [5.74, 6) is 6.15. The van der Waals surface area contributed by atoms with Gasteiger partial charge in [0.05, 0.1) is 19.2 Å². The standard InChI is InChI=1S/C9H13ClN4O2/c1-15-5-3-6(10)8(7(4-5)16-2)13-9(11)14-12/h3-4H,12H2,1-2H3,(H3,11,13,14). The van der Waals surface area contributed by atoms with Crippen LogP contribution in [0.15, 0.2) is 17.1 Å². The topological polar surface area (TPSA) is 94.9 Å². The summed E-state index contributed by atoms with van der Waals surface area (Å²) >= 11 is 6.00. The first-order valence-corrected chi connectivity index (χ1v) is 4.72. The van der Waals surface area contributed by atoms with E-state index in [4.69, 9.17) is 32.7 Å². The van der Waals surface area contributed by atoms with E-state index < -0.39 is 0 Å². The average Bonchev–Trinajstić information content (AvgIpc) is 2.30. The zero-order chi connectivity index (χ0) is 12.1. The fraction of sp³-hybridized carbons (Fsp3) is 0.222. The molecule has 0 aliphatic heterocycles. The number of hydrogen-bond donors (Lipinski definition) is 3. The van der Waals surface area contributed by atoms with E-state index in [2.05, 4.69) is 10.4 Å². The Bertz CT molecular complexity index is 409. The van der Waals surface area contributed by atoms with Gasteiger partial charge in [0.15, 0.2) is 0 Å². The van der Waals surface area contributed by atoms with Gasteiger partial charge in [0, 0.05) is 12.1 Å². The van der Waals surface area contributed by atoms with E-state index >= 15 is 0 Å². The molecular formula is C9H13ClN4O2. The molecule has 0 bridgehead atoms. The van der Waals surface area contributed by atoms with E-state index in [0.29, 0.717) is 22.2 Å². The lowest BCUT2D eigenvalue weighted by atomic mass is 10.2. The molecule has 1 aromatic rings. The Morgan fingerprint density at radius 1 is 1.38 bits per heavy atom. The zero-order valence-electron chi connectivity index (χ0n) is 8.95. The molecule has 1 aromatic carbocycles. The van der Waals surface area contributed by atoms with Crippen LogP contribution in [0.4, 0.5) is 5.69 Å². The number of hydrogen-bond acceptors (Lipinski definition) is 4. The van der Waals surface area contributed by atoms with Gasteiger partial charge < -0.3 is 15.2 Å². The molecule has 0 aliphatic rings. The van der Waals surface area contributed by atoms with Crippen LogP contribution in [0, 0.1) is 0 Å². The average molecular weight is 245 g/mol. The molecule has 0 saturated heterocycles. The van der Waals surface area contributed by atoms with Crippen LogP contribution < -0.4 is 26.5 Å². The Balaban J connectivity index is 3.27. The fourth-order valence-electron chi connectivity index (χ4n) is 1.08. The van der Waals surface area contributed by atoms with Crippen LogP contribution in [-0.4, -0.2) is 20.2 Å². The maximum atomic E-state index is 6.00. The van der Waals surface area contributed by atoms with Gasteiger partial charge in [-0.15, -0.1) is 0 Å². The molecule has 0 atom stereocenters. The van der Waals surface area contributed by atoms with Crippen molar-refractivity contribution < 1.29 is 9.47 Å². The molecule has 0 amide bonds. The van der Waals surface area contributed by atoms with E-state index in [-0.39, 0.29) is 5.96 Å². The highest BCUT2D eigenvalue weighted by Gasteiger charge is 2.10. The second-order valence-corrected chi connectivity index (χ2v) is 3.21. The third-order valence-electron chi connectivity index (χ3n) is 1.84. The minimum Gasteiger partial charge on any atom is -0.497 e. The molecule has 88 valence electrons. The summed E-state index contributed by atoms with van der Waals surface area (Å²) < 4.78 is 10.2. The Labute approximate surface area is 98.2 Å². The molecule has 0 aliphatic carbocycles. The lowest BCUT2D eigenvalue weighted by molar-refractivity contribution is 0.395. The van der Waals surface area contributed by atoms with E-state index in [9.17, 15) is 0 Å². The maximum absolute atomic E-state index is 6.00. The van der Waals surface area contributed by atoms with Crippen molar-refractivity contribution in [1.29, 1.82) is 0 Å². The van der Waals surface area contributed by atoms with Crippen LogP contribution in [0.5, 0.6) is 11.5 Å². The molecule has 0 saturated carbocycles. The van der Waals surface area contributed by atoms with Crippen LogP contribution in [0.1, 0.15) is 0 Å². The monoisotopic (exact) mass is 244 g/mol. The number of nitrogens with one attached hydrogen (secondary N) is 1. The van der Waals surface area contributed by atoms with E-state index in [1.807, 2.05) is 0 Å². The van der Waals surface area contributed by atoms with Crippen molar-refractivity contribution in [2.24, 2.45) is 16.6 Å². The van der Waals surface area contributed by atoms with Gasteiger partial charge in [0.2, 0.25) is 5.96 Å².